The molecule has 0 spiro atoms. The number of nitrogens with zero attached hydrogens (tertiary/aromatic N) is 2. The third-order valence-electron chi connectivity index (χ3n) is 6.76. The van der Waals surface area contributed by atoms with E-state index in [1.54, 1.807) is 0 Å². The second-order valence-electron chi connectivity index (χ2n) is 8.84. The molecule has 0 N–H and O–H groups in total. The van der Waals surface area contributed by atoms with Gasteiger partial charge in [0.2, 0.25) is 5.91 Å². The molecule has 0 saturated carbocycles. The minimum atomic E-state index is 0. The number of benzene rings is 2. The van der Waals surface area contributed by atoms with Crippen LogP contribution in [0, 0.1) is 0 Å². The van der Waals surface area contributed by atoms with Crippen LogP contribution in [0.25, 0.3) is 0 Å². The Bertz CT molecular complexity index is 929. The van der Waals surface area contributed by atoms with Crippen LogP contribution in [-0.2, 0) is 24.1 Å². The first-order chi connectivity index (χ1) is 15.2. The van der Waals surface area contributed by atoms with Gasteiger partial charge in [-0.05, 0) is 74.0 Å². The van der Waals surface area contributed by atoms with Crippen LogP contribution in [0.15, 0.2) is 42.5 Å². The van der Waals surface area contributed by atoms with Gasteiger partial charge in [0.1, 0.15) is 0 Å². The number of carbonyl (C=O) groups is 2. The molecule has 0 radical (unpaired) electrons. The largest absolute Gasteiger partial charge is 0.312 e. The van der Waals surface area contributed by atoms with E-state index in [2.05, 4.69) is 42.2 Å². The van der Waals surface area contributed by atoms with E-state index in [0.29, 0.717) is 12.8 Å². The highest BCUT2D eigenvalue weighted by Crippen LogP contribution is 2.37. The maximum atomic E-state index is 12.8. The molecule has 1 amide bonds. The molecule has 172 valence electrons. The number of aryl methyl sites for hydroxylation is 1. The van der Waals surface area contributed by atoms with Gasteiger partial charge in [0, 0.05) is 31.5 Å². The summed E-state index contributed by atoms with van der Waals surface area (Å²) in [6.45, 7) is 6.27. The number of unbranched alkanes of at least 4 members (excludes halogenated alkanes) is 2. The average Bonchev–Trinajstić information content (AvgIpc) is 3.24. The van der Waals surface area contributed by atoms with Gasteiger partial charge in [-0.3, -0.25) is 9.59 Å². The van der Waals surface area contributed by atoms with E-state index in [-0.39, 0.29) is 24.1 Å². The van der Waals surface area contributed by atoms with Crippen molar-refractivity contribution in [2.24, 2.45) is 0 Å². The Morgan fingerprint density at radius 2 is 1.72 bits per heavy atom. The molecule has 0 saturated heterocycles. The Kier molecular flexibility index (Phi) is 8.89. The van der Waals surface area contributed by atoms with Crippen molar-refractivity contribution in [2.45, 2.75) is 58.3 Å². The minimum Gasteiger partial charge on any atom is -0.312 e. The Hall–Kier alpha value is -2.17. The Morgan fingerprint density at radius 3 is 2.47 bits per heavy atom. The van der Waals surface area contributed by atoms with E-state index in [1.165, 1.54) is 16.7 Å². The molecule has 0 atom stereocenters. The molecule has 0 unspecified atom stereocenters. The molecule has 0 aromatic heterocycles. The van der Waals surface area contributed by atoms with E-state index in [0.717, 1.165) is 76.0 Å². The van der Waals surface area contributed by atoms with Crippen LogP contribution in [-0.4, -0.2) is 42.8 Å². The second kappa shape index (κ2) is 11.6. The fourth-order valence-electron chi connectivity index (χ4n) is 4.92. The summed E-state index contributed by atoms with van der Waals surface area (Å²) < 4.78 is 0. The molecule has 32 heavy (non-hydrogen) atoms. The standard InChI is InChI=1S/C27H34N2O2.ClH/c1-2-28(17-14-21-9-5-3-6-10-21)16-8-4-7-11-25(30)24-19-22-12-13-26(31)29-18-15-23(20-24)27(22)29;/h3,5-6,9-10,19-20H,2,4,7-8,11-18H2,1H3;1H. The summed E-state index contributed by atoms with van der Waals surface area (Å²) in [5.41, 5.74) is 5.72. The van der Waals surface area contributed by atoms with Crippen molar-refractivity contribution in [2.75, 3.05) is 31.1 Å². The molecule has 4 rings (SSSR count). The average molecular weight is 455 g/mol. The Balaban J connectivity index is 0.00000289. The molecule has 2 aromatic carbocycles. The molecular weight excluding hydrogens is 420 g/mol. The van der Waals surface area contributed by atoms with E-state index >= 15 is 0 Å². The first kappa shape index (κ1) is 24.5. The quantitative estimate of drug-likeness (QED) is 0.344. The molecule has 5 heteroatoms. The number of ketones is 1. The van der Waals surface area contributed by atoms with Crippen molar-refractivity contribution < 1.29 is 9.59 Å². The predicted octanol–water partition coefficient (Wildman–Crippen LogP) is 5.25. The van der Waals surface area contributed by atoms with Gasteiger partial charge in [0.15, 0.2) is 5.78 Å². The number of anilines is 1. The zero-order chi connectivity index (χ0) is 21.6. The number of hydrogen-bond acceptors (Lipinski definition) is 3. The van der Waals surface area contributed by atoms with Gasteiger partial charge in [-0.1, -0.05) is 43.7 Å². The van der Waals surface area contributed by atoms with E-state index in [1.807, 2.05) is 17.0 Å². The lowest BCUT2D eigenvalue weighted by Gasteiger charge is -2.25. The van der Waals surface area contributed by atoms with Crippen molar-refractivity contribution in [1.29, 1.82) is 0 Å². The number of halogens is 1. The van der Waals surface area contributed by atoms with Gasteiger partial charge in [-0.2, -0.15) is 0 Å². The minimum absolute atomic E-state index is 0. The summed E-state index contributed by atoms with van der Waals surface area (Å²) in [6, 6.07) is 14.8. The van der Waals surface area contributed by atoms with E-state index < -0.39 is 0 Å². The number of hydrogen-bond donors (Lipinski definition) is 0. The molecule has 0 fully saturated rings. The SMILES string of the molecule is CCN(CCCCCC(=O)c1cc2c3c(c1)CCN3C(=O)CC2)CCc1ccccc1.Cl. The molecule has 2 aliphatic rings. The molecule has 4 nitrogen and oxygen atoms in total. The highest BCUT2D eigenvalue weighted by Gasteiger charge is 2.31. The Morgan fingerprint density at radius 1 is 0.969 bits per heavy atom. The van der Waals surface area contributed by atoms with Crippen LogP contribution in [0.3, 0.4) is 0 Å². The topological polar surface area (TPSA) is 40.6 Å². The van der Waals surface area contributed by atoms with Crippen molar-refractivity contribution in [3.63, 3.8) is 0 Å². The number of likely N-dealkylation sites (N-methyl/N-ethyl adjacent to an activating group) is 1. The van der Waals surface area contributed by atoms with Crippen LogP contribution in [0.1, 0.15) is 66.1 Å². The van der Waals surface area contributed by atoms with Crippen molar-refractivity contribution in [1.82, 2.24) is 4.90 Å². The maximum absolute atomic E-state index is 12.8. The summed E-state index contributed by atoms with van der Waals surface area (Å²) in [6.07, 6.45) is 7.12. The van der Waals surface area contributed by atoms with Crippen LogP contribution in [0.4, 0.5) is 5.69 Å². The third kappa shape index (κ3) is 5.79. The van der Waals surface area contributed by atoms with Gasteiger partial charge >= 0.3 is 0 Å². The summed E-state index contributed by atoms with van der Waals surface area (Å²) >= 11 is 0. The molecule has 2 aromatic rings. The summed E-state index contributed by atoms with van der Waals surface area (Å²) in [4.78, 5) is 29.3. The summed E-state index contributed by atoms with van der Waals surface area (Å²) in [7, 11) is 0. The molecule has 0 aliphatic carbocycles. The number of Topliss-reactive ketones (excluding diaryl/α,β-unsaturated/α-hetero) is 1. The highest BCUT2D eigenvalue weighted by atomic mass is 35.5. The highest BCUT2D eigenvalue weighted by molar-refractivity contribution is 6.02. The van der Waals surface area contributed by atoms with E-state index in [9.17, 15) is 9.59 Å². The monoisotopic (exact) mass is 454 g/mol. The lowest BCUT2D eigenvalue weighted by Crippen LogP contribution is -2.32. The smallest absolute Gasteiger partial charge is 0.227 e. The first-order valence-corrected chi connectivity index (χ1v) is 11.9. The summed E-state index contributed by atoms with van der Waals surface area (Å²) in [5, 5.41) is 0. The third-order valence-corrected chi connectivity index (χ3v) is 6.76. The zero-order valence-electron chi connectivity index (χ0n) is 19.1. The van der Waals surface area contributed by atoms with Gasteiger partial charge in [0.25, 0.3) is 0 Å². The van der Waals surface area contributed by atoms with Crippen molar-refractivity contribution in [3.8, 4) is 0 Å². The van der Waals surface area contributed by atoms with Crippen molar-refractivity contribution >= 4 is 29.8 Å². The van der Waals surface area contributed by atoms with Crippen LogP contribution < -0.4 is 4.90 Å². The van der Waals surface area contributed by atoms with Crippen molar-refractivity contribution in [3.05, 3.63) is 64.7 Å². The summed E-state index contributed by atoms with van der Waals surface area (Å²) in [5.74, 6) is 0.487. The number of rotatable bonds is 11. The van der Waals surface area contributed by atoms with Gasteiger partial charge < -0.3 is 9.80 Å². The molecular formula is C27H35ClN2O2. The zero-order valence-corrected chi connectivity index (χ0v) is 20.0. The fourth-order valence-corrected chi connectivity index (χ4v) is 4.92. The van der Waals surface area contributed by atoms with Crippen LogP contribution in [0.5, 0.6) is 0 Å². The van der Waals surface area contributed by atoms with Gasteiger partial charge in [-0.15, -0.1) is 12.4 Å². The molecule has 0 bridgehead atoms. The normalized spacial score (nSPS) is 14.4. The molecule has 2 aliphatic heterocycles. The van der Waals surface area contributed by atoms with Gasteiger partial charge in [0.05, 0.1) is 5.69 Å². The fraction of sp³-hybridized carbons (Fsp3) is 0.481. The number of amides is 1. The van der Waals surface area contributed by atoms with Gasteiger partial charge in [-0.25, -0.2) is 0 Å². The lowest BCUT2D eigenvalue weighted by molar-refractivity contribution is -0.118. The van der Waals surface area contributed by atoms with Crippen LogP contribution in [0.2, 0.25) is 0 Å². The van der Waals surface area contributed by atoms with Crippen LogP contribution >= 0.6 is 12.4 Å². The predicted molar refractivity (Wildman–Crippen MR) is 133 cm³/mol. The lowest BCUT2D eigenvalue weighted by atomic mass is 9.94. The number of carbonyl (C=O) groups excluding carboxylic acids is 2. The van der Waals surface area contributed by atoms with E-state index in [4.69, 9.17) is 0 Å². The first-order valence-electron chi connectivity index (χ1n) is 11.9. The second-order valence-corrected chi connectivity index (χ2v) is 8.84. The Labute approximate surface area is 198 Å². The molecule has 2 heterocycles. The maximum Gasteiger partial charge on any atom is 0.227 e.